The van der Waals surface area contributed by atoms with Crippen LogP contribution in [0.4, 0.5) is 4.79 Å². The van der Waals surface area contributed by atoms with Crippen LogP contribution in [-0.2, 0) is 0 Å². The lowest BCUT2D eigenvalue weighted by Gasteiger charge is -2.46. The van der Waals surface area contributed by atoms with E-state index in [4.69, 9.17) is 0 Å². The maximum absolute atomic E-state index is 11.9. The molecule has 4 aliphatic rings. The zero-order valence-electron chi connectivity index (χ0n) is 9.28. The summed E-state index contributed by atoms with van der Waals surface area (Å²) in [7, 11) is 1.90. The largest absolute Gasteiger partial charge is 0.326 e. The van der Waals surface area contributed by atoms with Gasteiger partial charge < -0.3 is 15.1 Å². The zero-order chi connectivity index (χ0) is 10.4. The minimum atomic E-state index is 0.231. The van der Waals surface area contributed by atoms with Crippen LogP contribution >= 0.6 is 0 Å². The molecule has 3 unspecified atom stereocenters. The van der Waals surface area contributed by atoms with Gasteiger partial charge in [-0.15, -0.1) is 0 Å². The van der Waals surface area contributed by atoms with Crippen molar-refractivity contribution >= 4 is 6.03 Å². The predicted molar refractivity (Wildman–Crippen MR) is 57.7 cm³/mol. The van der Waals surface area contributed by atoms with Gasteiger partial charge in [0.25, 0.3) is 0 Å². The van der Waals surface area contributed by atoms with Crippen molar-refractivity contribution < 1.29 is 4.79 Å². The van der Waals surface area contributed by atoms with Crippen LogP contribution < -0.4 is 5.32 Å². The highest BCUT2D eigenvalue weighted by atomic mass is 16.2. The topological polar surface area (TPSA) is 35.6 Å². The normalized spacial score (nSPS) is 40.3. The minimum Gasteiger partial charge on any atom is -0.326 e. The molecule has 0 spiro atoms. The molecule has 84 valence electrons. The van der Waals surface area contributed by atoms with Crippen LogP contribution in [0.25, 0.3) is 0 Å². The molecule has 4 fully saturated rings. The van der Waals surface area contributed by atoms with Crippen molar-refractivity contribution in [1.29, 1.82) is 0 Å². The van der Waals surface area contributed by atoms with Gasteiger partial charge in [0.05, 0.1) is 0 Å². The first-order chi connectivity index (χ1) is 7.25. The fourth-order valence-electron chi connectivity index (χ4n) is 3.29. The first-order valence-corrected chi connectivity index (χ1v) is 6.01. The summed E-state index contributed by atoms with van der Waals surface area (Å²) in [5, 5.41) is 3.57. The van der Waals surface area contributed by atoms with Gasteiger partial charge in [0.2, 0.25) is 0 Å². The molecule has 3 atom stereocenters. The van der Waals surface area contributed by atoms with Crippen LogP contribution in [0.3, 0.4) is 0 Å². The smallest absolute Gasteiger partial charge is 0.320 e. The summed E-state index contributed by atoms with van der Waals surface area (Å²) in [6.07, 6.45) is 3.83. The van der Waals surface area contributed by atoms with E-state index >= 15 is 0 Å². The summed E-state index contributed by atoms with van der Waals surface area (Å²) in [6, 6.07) is 1.26. The van der Waals surface area contributed by atoms with Gasteiger partial charge in [-0.05, 0) is 31.7 Å². The molecule has 2 amide bonds. The highest BCUT2D eigenvalue weighted by molar-refractivity contribution is 5.76. The average Bonchev–Trinajstić information content (AvgIpc) is 2.61. The van der Waals surface area contributed by atoms with E-state index < -0.39 is 0 Å². The Balaban J connectivity index is 1.75. The van der Waals surface area contributed by atoms with Crippen LogP contribution in [-0.4, -0.2) is 54.6 Å². The van der Waals surface area contributed by atoms with Gasteiger partial charge >= 0.3 is 6.03 Å². The Morgan fingerprint density at radius 2 is 2.20 bits per heavy atom. The van der Waals surface area contributed by atoms with Gasteiger partial charge in [0.1, 0.15) is 0 Å². The second kappa shape index (κ2) is 3.37. The SMILES string of the molecule is CN1CCN(C2CC3CCC2NC3)C1=O. The number of nitrogens with one attached hydrogen (secondary N) is 1. The highest BCUT2D eigenvalue weighted by Crippen LogP contribution is 2.33. The first-order valence-electron chi connectivity index (χ1n) is 6.01. The standard InChI is InChI=1S/C11H19N3O/c1-13-4-5-14(11(13)15)10-6-8-2-3-9(10)12-7-8/h8-10,12H,2-7H2,1H3. The van der Waals surface area contributed by atoms with E-state index in [0.717, 1.165) is 19.0 Å². The van der Waals surface area contributed by atoms with Crippen molar-refractivity contribution in [3.05, 3.63) is 0 Å². The van der Waals surface area contributed by atoms with Crippen molar-refractivity contribution in [2.24, 2.45) is 5.92 Å². The van der Waals surface area contributed by atoms with E-state index in [2.05, 4.69) is 10.2 Å². The van der Waals surface area contributed by atoms with Crippen LogP contribution in [0.5, 0.6) is 0 Å². The molecule has 3 saturated heterocycles. The second-order valence-corrected chi connectivity index (χ2v) is 5.16. The summed E-state index contributed by atoms with van der Waals surface area (Å²) in [5.74, 6) is 0.804. The Morgan fingerprint density at radius 3 is 2.67 bits per heavy atom. The third-order valence-corrected chi connectivity index (χ3v) is 4.24. The number of carbonyl (C=O) groups is 1. The predicted octanol–water partition coefficient (Wildman–Crippen LogP) is 0.494. The molecule has 3 heterocycles. The summed E-state index contributed by atoms with van der Waals surface area (Å²) in [4.78, 5) is 15.8. The van der Waals surface area contributed by atoms with Gasteiger partial charge in [-0.1, -0.05) is 0 Å². The average molecular weight is 209 g/mol. The monoisotopic (exact) mass is 209 g/mol. The van der Waals surface area contributed by atoms with E-state index in [9.17, 15) is 4.79 Å². The van der Waals surface area contributed by atoms with Gasteiger partial charge in [-0.2, -0.15) is 0 Å². The van der Waals surface area contributed by atoms with Gasteiger partial charge in [-0.3, -0.25) is 0 Å². The molecule has 0 aromatic rings. The Labute approximate surface area is 90.6 Å². The second-order valence-electron chi connectivity index (χ2n) is 5.16. The third kappa shape index (κ3) is 1.42. The minimum absolute atomic E-state index is 0.231. The summed E-state index contributed by atoms with van der Waals surface area (Å²) < 4.78 is 0. The zero-order valence-corrected chi connectivity index (χ0v) is 9.28. The van der Waals surface area contributed by atoms with Crippen LogP contribution in [0.15, 0.2) is 0 Å². The molecular formula is C11H19N3O. The molecular weight excluding hydrogens is 190 g/mol. The van der Waals surface area contributed by atoms with Gasteiger partial charge in [0.15, 0.2) is 0 Å². The lowest BCUT2D eigenvalue weighted by molar-refractivity contribution is 0.0908. The summed E-state index contributed by atoms with van der Waals surface area (Å²) in [6.45, 7) is 2.98. The van der Waals surface area contributed by atoms with Crippen molar-refractivity contribution in [1.82, 2.24) is 15.1 Å². The molecule has 3 aliphatic heterocycles. The number of fused-ring (bicyclic) bond motifs is 3. The van der Waals surface area contributed by atoms with E-state index in [0.29, 0.717) is 12.1 Å². The molecule has 1 saturated carbocycles. The lowest BCUT2D eigenvalue weighted by atomic mass is 9.77. The third-order valence-electron chi connectivity index (χ3n) is 4.24. The molecule has 1 N–H and O–H groups in total. The van der Waals surface area contributed by atoms with Crippen molar-refractivity contribution in [2.75, 3.05) is 26.7 Å². The Hall–Kier alpha value is -0.770. The number of likely N-dealkylation sites (N-methyl/N-ethyl adjacent to an activating group) is 1. The van der Waals surface area contributed by atoms with Crippen LogP contribution in [0, 0.1) is 5.92 Å². The quantitative estimate of drug-likeness (QED) is 0.682. The molecule has 4 nitrogen and oxygen atoms in total. The number of rotatable bonds is 1. The molecule has 0 aromatic heterocycles. The first kappa shape index (κ1) is 9.46. The van der Waals surface area contributed by atoms with E-state index in [1.807, 2.05) is 11.9 Å². The van der Waals surface area contributed by atoms with E-state index in [1.165, 1.54) is 25.8 Å². The van der Waals surface area contributed by atoms with Crippen molar-refractivity contribution in [2.45, 2.75) is 31.3 Å². The number of hydrogen-bond acceptors (Lipinski definition) is 2. The number of hydrogen-bond donors (Lipinski definition) is 1. The van der Waals surface area contributed by atoms with Crippen LogP contribution in [0.2, 0.25) is 0 Å². The maximum atomic E-state index is 11.9. The Morgan fingerprint density at radius 1 is 1.33 bits per heavy atom. The maximum Gasteiger partial charge on any atom is 0.320 e. The molecule has 2 bridgehead atoms. The lowest BCUT2D eigenvalue weighted by Crippen LogP contribution is -2.59. The highest BCUT2D eigenvalue weighted by Gasteiger charge is 2.42. The Bertz CT molecular complexity index is 273. The number of amides is 2. The van der Waals surface area contributed by atoms with Crippen LogP contribution in [0.1, 0.15) is 19.3 Å². The summed E-state index contributed by atoms with van der Waals surface area (Å²) >= 11 is 0. The summed E-state index contributed by atoms with van der Waals surface area (Å²) in [5.41, 5.74) is 0. The molecule has 0 aromatic carbocycles. The van der Waals surface area contributed by atoms with Crippen molar-refractivity contribution in [3.8, 4) is 0 Å². The molecule has 15 heavy (non-hydrogen) atoms. The molecule has 0 radical (unpaired) electrons. The number of carbonyl (C=O) groups excluding carboxylic acids is 1. The van der Waals surface area contributed by atoms with Gasteiger partial charge in [-0.25, -0.2) is 4.79 Å². The van der Waals surface area contributed by atoms with E-state index in [-0.39, 0.29) is 6.03 Å². The Kier molecular flexibility index (Phi) is 2.12. The molecule has 4 heteroatoms. The van der Waals surface area contributed by atoms with E-state index in [1.54, 1.807) is 0 Å². The fraction of sp³-hybridized carbons (Fsp3) is 0.909. The number of piperidine rings is 2. The number of nitrogens with zero attached hydrogens (tertiary/aromatic N) is 2. The van der Waals surface area contributed by atoms with Crippen molar-refractivity contribution in [3.63, 3.8) is 0 Å². The number of urea groups is 1. The van der Waals surface area contributed by atoms with Gasteiger partial charge in [0, 0.05) is 32.2 Å². The fourth-order valence-corrected chi connectivity index (χ4v) is 3.29. The molecule has 1 aliphatic carbocycles. The molecule has 4 rings (SSSR count).